The van der Waals surface area contributed by atoms with Crippen LogP contribution in [0.3, 0.4) is 0 Å². The third-order valence-electron chi connectivity index (χ3n) is 2.20. The molecule has 0 bridgehead atoms. The van der Waals surface area contributed by atoms with Crippen LogP contribution in [0.4, 0.5) is 5.69 Å². The number of hydrogen-bond donors (Lipinski definition) is 0. The van der Waals surface area contributed by atoms with Crippen molar-refractivity contribution < 1.29 is 13.3 Å². The summed E-state index contributed by atoms with van der Waals surface area (Å²) in [5.74, 6) is 0. The second-order valence-electron chi connectivity index (χ2n) is 3.17. The number of benzene rings is 1. The highest BCUT2D eigenvalue weighted by atomic mass is 32.8. The fourth-order valence-electron chi connectivity index (χ4n) is 1.09. The molecule has 1 unspecified atom stereocenters. The van der Waals surface area contributed by atoms with Crippen molar-refractivity contribution >= 4 is 22.3 Å². The van der Waals surface area contributed by atoms with Crippen molar-refractivity contribution in [2.24, 2.45) is 0 Å². The van der Waals surface area contributed by atoms with Gasteiger partial charge in [-0.15, -0.1) is 0 Å². The van der Waals surface area contributed by atoms with E-state index < -0.39 is 21.5 Å². The highest BCUT2D eigenvalue weighted by molar-refractivity contribution is 8.50. The van der Waals surface area contributed by atoms with Gasteiger partial charge in [-0.3, -0.25) is 10.1 Å². The zero-order valence-electron chi connectivity index (χ0n) is 8.95. The number of hydrogen-bond acceptors (Lipinski definition) is 4. The molecule has 0 heterocycles. The van der Waals surface area contributed by atoms with Crippen molar-refractivity contribution in [2.45, 2.75) is 11.8 Å². The van der Waals surface area contributed by atoms with Crippen LogP contribution in [-0.4, -0.2) is 26.2 Å². The molecule has 0 amide bonds. The summed E-state index contributed by atoms with van der Waals surface area (Å²) in [4.78, 5) is 10.0. The Hall–Kier alpha value is -1.00. The Labute approximate surface area is 95.1 Å². The summed E-state index contributed by atoms with van der Waals surface area (Å²) >= 11 is 0. The summed E-state index contributed by atoms with van der Waals surface area (Å²) in [5.41, 5.74) is -0.101. The second kappa shape index (κ2) is 4.89. The van der Waals surface area contributed by atoms with Gasteiger partial charge in [0.2, 0.25) is 0 Å². The molecule has 0 N–H and O–H groups in total. The Morgan fingerprint density at radius 2 is 1.81 bits per heavy atom. The number of rotatable bonds is 4. The molecule has 1 aromatic carbocycles. The van der Waals surface area contributed by atoms with Crippen molar-refractivity contribution in [2.75, 3.05) is 12.8 Å². The molecule has 88 valence electrons. The van der Waals surface area contributed by atoms with Gasteiger partial charge in [0.15, 0.2) is 9.46 Å². The molecule has 16 heavy (non-hydrogen) atoms. The molecular formula is C9H12NO4PS. The largest absolute Gasteiger partial charge is 0.269 e. The first-order valence-corrected chi connectivity index (χ1v) is 8.66. The van der Waals surface area contributed by atoms with Crippen LogP contribution >= 0.6 is 7.12 Å². The lowest BCUT2D eigenvalue weighted by atomic mass is 10.3. The average molecular weight is 261 g/mol. The lowest BCUT2D eigenvalue weighted by Crippen LogP contribution is -1.99. The van der Waals surface area contributed by atoms with Gasteiger partial charge < -0.3 is 0 Å². The number of non-ortho nitro benzene ring substituents is 1. The molecule has 0 fully saturated rings. The minimum absolute atomic E-state index is 0.101. The number of nitro benzene ring substituents is 1. The first-order chi connectivity index (χ1) is 7.39. The maximum atomic E-state index is 11.9. The Bertz CT molecular complexity index is 483. The first-order valence-electron chi connectivity index (χ1n) is 4.60. The van der Waals surface area contributed by atoms with Crippen LogP contribution in [0.25, 0.3) is 0 Å². The highest BCUT2D eigenvalue weighted by Gasteiger charge is 2.21. The van der Waals surface area contributed by atoms with Crippen LogP contribution < -0.4 is 0 Å². The second-order valence-corrected chi connectivity index (χ2v) is 9.79. The molecule has 1 rings (SSSR count). The van der Waals surface area contributed by atoms with Crippen molar-refractivity contribution in [1.29, 1.82) is 0 Å². The van der Waals surface area contributed by atoms with E-state index in [0.717, 1.165) is 0 Å². The molecule has 0 aliphatic carbocycles. The summed E-state index contributed by atoms with van der Waals surface area (Å²) in [6, 6.07) is 5.02. The van der Waals surface area contributed by atoms with Crippen molar-refractivity contribution in [3.63, 3.8) is 0 Å². The highest BCUT2D eigenvalue weighted by Crippen LogP contribution is 2.43. The topological polar surface area (TPSA) is 77.3 Å². The SMILES string of the molecule is CCP(C)S(=O)(=O)c1ccc([N+](=O)[O-])cc1. The smallest absolute Gasteiger partial charge is 0.258 e. The molecular weight excluding hydrogens is 249 g/mol. The normalized spacial score (nSPS) is 13.4. The number of nitro groups is 1. The Morgan fingerprint density at radius 3 is 2.19 bits per heavy atom. The summed E-state index contributed by atoms with van der Waals surface area (Å²) < 4.78 is 23.8. The quantitative estimate of drug-likeness (QED) is 0.473. The monoisotopic (exact) mass is 261 g/mol. The van der Waals surface area contributed by atoms with E-state index in [1.54, 1.807) is 6.66 Å². The molecule has 1 aromatic rings. The molecule has 0 saturated heterocycles. The van der Waals surface area contributed by atoms with Gasteiger partial charge in [-0.2, -0.15) is 0 Å². The van der Waals surface area contributed by atoms with Gasteiger partial charge in [-0.25, -0.2) is 8.42 Å². The molecule has 0 spiro atoms. The van der Waals surface area contributed by atoms with Crippen molar-refractivity contribution in [3.8, 4) is 0 Å². The van der Waals surface area contributed by atoms with Crippen LogP contribution in [0.2, 0.25) is 0 Å². The third-order valence-corrected chi connectivity index (χ3v) is 8.65. The predicted octanol–water partition coefficient (Wildman–Crippen LogP) is 2.42. The maximum Gasteiger partial charge on any atom is 0.269 e. The van der Waals surface area contributed by atoms with E-state index in [1.807, 2.05) is 6.92 Å². The minimum Gasteiger partial charge on any atom is -0.258 e. The molecule has 0 radical (unpaired) electrons. The van der Waals surface area contributed by atoms with Gasteiger partial charge in [0.25, 0.3) is 5.69 Å². The van der Waals surface area contributed by atoms with E-state index >= 15 is 0 Å². The lowest BCUT2D eigenvalue weighted by molar-refractivity contribution is -0.384. The first kappa shape index (κ1) is 13.1. The van der Waals surface area contributed by atoms with Gasteiger partial charge in [0.1, 0.15) is 0 Å². The predicted molar refractivity (Wildman–Crippen MR) is 63.7 cm³/mol. The van der Waals surface area contributed by atoms with Crippen molar-refractivity contribution in [1.82, 2.24) is 0 Å². The maximum absolute atomic E-state index is 11.9. The zero-order chi connectivity index (χ0) is 12.3. The van der Waals surface area contributed by atoms with Gasteiger partial charge in [-0.1, -0.05) is 6.92 Å². The molecule has 0 aliphatic rings. The van der Waals surface area contributed by atoms with Crippen LogP contribution in [0.5, 0.6) is 0 Å². The van der Waals surface area contributed by atoms with Gasteiger partial charge in [0, 0.05) is 19.3 Å². The fraction of sp³-hybridized carbons (Fsp3) is 0.333. The Morgan fingerprint density at radius 1 is 1.31 bits per heavy atom. The lowest BCUT2D eigenvalue weighted by Gasteiger charge is -2.10. The summed E-state index contributed by atoms with van der Waals surface area (Å²) in [7, 11) is -4.41. The molecule has 0 aromatic heterocycles. The molecule has 1 atom stereocenters. The Balaban J connectivity index is 3.12. The standard InChI is InChI=1S/C9H12NO4PS/c1-3-15(2)16(13,14)9-6-4-8(5-7-9)10(11)12/h4-7H,3H2,1-2H3. The minimum atomic E-state index is -3.29. The van der Waals surface area contributed by atoms with Crippen LogP contribution in [-0.2, 0) is 9.46 Å². The van der Waals surface area contributed by atoms with Gasteiger partial charge >= 0.3 is 0 Å². The molecule has 0 aliphatic heterocycles. The zero-order valence-corrected chi connectivity index (χ0v) is 10.7. The van der Waals surface area contributed by atoms with E-state index in [4.69, 9.17) is 0 Å². The molecule has 5 nitrogen and oxygen atoms in total. The van der Waals surface area contributed by atoms with E-state index in [9.17, 15) is 18.5 Å². The summed E-state index contributed by atoms with van der Waals surface area (Å²) in [6.45, 7) is 3.50. The van der Waals surface area contributed by atoms with Crippen LogP contribution in [0.15, 0.2) is 29.2 Å². The third kappa shape index (κ3) is 2.57. The Kier molecular flexibility index (Phi) is 3.99. The summed E-state index contributed by atoms with van der Waals surface area (Å²) in [6.07, 6.45) is 0.578. The van der Waals surface area contributed by atoms with E-state index in [0.29, 0.717) is 6.16 Å². The van der Waals surface area contributed by atoms with E-state index in [2.05, 4.69) is 0 Å². The van der Waals surface area contributed by atoms with Crippen LogP contribution in [0.1, 0.15) is 6.92 Å². The summed E-state index contributed by atoms with van der Waals surface area (Å²) in [5, 5.41) is 10.4. The average Bonchev–Trinajstić information content (AvgIpc) is 2.28. The van der Waals surface area contributed by atoms with Crippen molar-refractivity contribution in [3.05, 3.63) is 34.4 Å². The van der Waals surface area contributed by atoms with Crippen LogP contribution in [0, 0.1) is 10.1 Å². The van der Waals surface area contributed by atoms with Gasteiger partial charge in [0.05, 0.1) is 9.82 Å². The van der Waals surface area contributed by atoms with E-state index in [-0.39, 0.29) is 10.6 Å². The molecule has 7 heteroatoms. The number of nitrogens with zero attached hydrogens (tertiary/aromatic N) is 1. The van der Waals surface area contributed by atoms with Gasteiger partial charge in [-0.05, 0) is 25.0 Å². The van der Waals surface area contributed by atoms with E-state index in [1.165, 1.54) is 24.3 Å². The fourth-order valence-corrected chi connectivity index (χ4v) is 4.73. The molecule has 0 saturated carbocycles.